The van der Waals surface area contributed by atoms with Gasteiger partial charge in [-0.15, -0.1) is 0 Å². The number of amides is 2. The maximum absolute atomic E-state index is 11.9. The van der Waals surface area contributed by atoms with Gasteiger partial charge in [-0.05, 0) is 25.1 Å². The molecule has 0 atom stereocenters. The van der Waals surface area contributed by atoms with E-state index in [2.05, 4.69) is 15.7 Å². The van der Waals surface area contributed by atoms with Crippen molar-refractivity contribution in [3.8, 4) is 0 Å². The van der Waals surface area contributed by atoms with Gasteiger partial charge in [0.15, 0.2) is 0 Å². The van der Waals surface area contributed by atoms with Crippen molar-refractivity contribution in [2.45, 2.75) is 6.92 Å². The van der Waals surface area contributed by atoms with E-state index in [0.29, 0.717) is 17.1 Å². The van der Waals surface area contributed by atoms with Crippen molar-refractivity contribution in [2.75, 3.05) is 10.6 Å². The van der Waals surface area contributed by atoms with Gasteiger partial charge < -0.3 is 15.7 Å². The molecule has 0 saturated carbocycles. The van der Waals surface area contributed by atoms with E-state index in [9.17, 15) is 9.59 Å². The largest absolute Gasteiger partial charge is 0.478 e. The molecule has 0 saturated heterocycles. The van der Waals surface area contributed by atoms with Crippen LogP contribution in [0.5, 0.6) is 0 Å². The normalized spacial score (nSPS) is 10.2. The molecule has 3 N–H and O–H groups in total. The number of halogens is 1. The summed E-state index contributed by atoms with van der Waals surface area (Å²) in [6, 6.07) is 3.73. The molecule has 0 aliphatic carbocycles. The number of aromatic nitrogens is 2. The second-order valence-electron chi connectivity index (χ2n) is 4.38. The fourth-order valence-electron chi connectivity index (χ4n) is 1.77. The van der Waals surface area contributed by atoms with Crippen LogP contribution in [0.1, 0.15) is 16.1 Å². The number of aromatic carboxylic acids is 1. The van der Waals surface area contributed by atoms with Crippen LogP contribution in [0.15, 0.2) is 24.4 Å². The molecule has 0 radical (unpaired) electrons. The first kappa shape index (κ1) is 14.9. The third-order valence-electron chi connectivity index (χ3n) is 2.72. The van der Waals surface area contributed by atoms with Gasteiger partial charge in [0.1, 0.15) is 0 Å². The summed E-state index contributed by atoms with van der Waals surface area (Å²) >= 11 is 5.76. The van der Waals surface area contributed by atoms with Crippen LogP contribution in [0, 0.1) is 6.92 Å². The topological polar surface area (TPSA) is 96.3 Å². The molecular formula is C13H13ClN4O3. The monoisotopic (exact) mass is 308 g/mol. The minimum Gasteiger partial charge on any atom is -0.478 e. The highest BCUT2D eigenvalue weighted by atomic mass is 35.5. The molecule has 1 heterocycles. The smallest absolute Gasteiger partial charge is 0.337 e. The molecule has 2 rings (SSSR count). The molecule has 21 heavy (non-hydrogen) atoms. The molecule has 0 aliphatic heterocycles. The van der Waals surface area contributed by atoms with E-state index in [1.165, 1.54) is 18.2 Å². The Kier molecular flexibility index (Phi) is 4.13. The van der Waals surface area contributed by atoms with Crippen LogP contribution in [-0.4, -0.2) is 26.9 Å². The summed E-state index contributed by atoms with van der Waals surface area (Å²) in [5, 5.41) is 18.4. The third kappa shape index (κ3) is 3.51. The highest BCUT2D eigenvalue weighted by Gasteiger charge is 2.12. The van der Waals surface area contributed by atoms with Crippen molar-refractivity contribution >= 4 is 35.0 Å². The molecule has 0 bridgehead atoms. The predicted molar refractivity (Wildman–Crippen MR) is 79.0 cm³/mol. The van der Waals surface area contributed by atoms with Crippen molar-refractivity contribution in [1.29, 1.82) is 0 Å². The van der Waals surface area contributed by atoms with E-state index in [-0.39, 0.29) is 10.6 Å². The molecule has 110 valence electrons. The number of nitrogens with zero attached hydrogens (tertiary/aromatic N) is 2. The molecule has 1 aromatic heterocycles. The van der Waals surface area contributed by atoms with E-state index in [4.69, 9.17) is 16.7 Å². The minimum atomic E-state index is -1.16. The minimum absolute atomic E-state index is 0.0768. The number of carboxylic acids is 1. The lowest BCUT2D eigenvalue weighted by atomic mass is 10.2. The van der Waals surface area contributed by atoms with Crippen molar-refractivity contribution < 1.29 is 14.7 Å². The molecule has 0 unspecified atom stereocenters. The molecule has 0 aliphatic rings. The van der Waals surface area contributed by atoms with Crippen molar-refractivity contribution in [3.05, 3.63) is 40.7 Å². The first-order valence-corrected chi connectivity index (χ1v) is 6.35. The zero-order valence-electron chi connectivity index (χ0n) is 11.3. The standard InChI is InChI=1S/C13H13ClN4O3/c1-7-11(6-18(2)17-7)16-13(21)15-8-3-4-10(14)9(5-8)12(19)20/h3-6H,1-2H3,(H,19,20)(H2,15,16,21). The number of anilines is 2. The predicted octanol–water partition coefficient (Wildman–Crippen LogP) is 2.72. The van der Waals surface area contributed by atoms with Gasteiger partial charge in [-0.25, -0.2) is 9.59 Å². The summed E-state index contributed by atoms with van der Waals surface area (Å²) < 4.78 is 1.58. The lowest BCUT2D eigenvalue weighted by Crippen LogP contribution is -2.19. The van der Waals surface area contributed by atoms with Gasteiger partial charge in [0, 0.05) is 18.9 Å². The van der Waals surface area contributed by atoms with E-state index in [0.717, 1.165) is 0 Å². The number of hydrogen-bond donors (Lipinski definition) is 3. The second-order valence-corrected chi connectivity index (χ2v) is 4.79. The second kappa shape index (κ2) is 5.84. The molecule has 0 fully saturated rings. The maximum atomic E-state index is 11.9. The first-order valence-electron chi connectivity index (χ1n) is 5.98. The Labute approximate surface area is 125 Å². The third-order valence-corrected chi connectivity index (χ3v) is 3.05. The number of hydrogen-bond acceptors (Lipinski definition) is 3. The Hall–Kier alpha value is -2.54. The number of benzene rings is 1. The number of rotatable bonds is 3. The van der Waals surface area contributed by atoms with Gasteiger partial charge >= 0.3 is 12.0 Å². The molecule has 8 heteroatoms. The Morgan fingerprint density at radius 3 is 2.62 bits per heavy atom. The van der Waals surface area contributed by atoms with Gasteiger partial charge in [-0.3, -0.25) is 4.68 Å². The lowest BCUT2D eigenvalue weighted by Gasteiger charge is -2.08. The van der Waals surface area contributed by atoms with Gasteiger partial charge in [-0.1, -0.05) is 11.6 Å². The van der Waals surface area contributed by atoms with Crippen LogP contribution in [0.25, 0.3) is 0 Å². The van der Waals surface area contributed by atoms with Crippen molar-refractivity contribution in [3.63, 3.8) is 0 Å². The van der Waals surface area contributed by atoms with Gasteiger partial charge in [0.25, 0.3) is 0 Å². The average molecular weight is 309 g/mol. The van der Waals surface area contributed by atoms with E-state index in [1.54, 1.807) is 24.9 Å². The summed E-state index contributed by atoms with van der Waals surface area (Å²) in [5.41, 5.74) is 1.50. The highest BCUT2D eigenvalue weighted by molar-refractivity contribution is 6.33. The maximum Gasteiger partial charge on any atom is 0.337 e. The van der Waals surface area contributed by atoms with Gasteiger partial charge in [-0.2, -0.15) is 5.10 Å². The Morgan fingerprint density at radius 2 is 2.05 bits per heavy atom. The van der Waals surface area contributed by atoms with E-state index >= 15 is 0 Å². The van der Waals surface area contributed by atoms with Crippen LogP contribution >= 0.6 is 11.6 Å². The lowest BCUT2D eigenvalue weighted by molar-refractivity contribution is 0.0697. The number of carbonyl (C=O) groups excluding carboxylic acids is 1. The number of carbonyl (C=O) groups is 2. The molecule has 0 spiro atoms. The van der Waals surface area contributed by atoms with E-state index in [1.807, 2.05) is 0 Å². The fraction of sp³-hybridized carbons (Fsp3) is 0.154. The van der Waals surface area contributed by atoms with Crippen LogP contribution in [0.4, 0.5) is 16.2 Å². The van der Waals surface area contributed by atoms with Crippen LogP contribution in [0.2, 0.25) is 5.02 Å². The van der Waals surface area contributed by atoms with Crippen molar-refractivity contribution in [2.24, 2.45) is 7.05 Å². The molecule has 2 amide bonds. The Balaban J connectivity index is 2.11. The molecular weight excluding hydrogens is 296 g/mol. The van der Waals surface area contributed by atoms with E-state index < -0.39 is 12.0 Å². The summed E-state index contributed by atoms with van der Waals surface area (Å²) in [5.74, 6) is -1.16. The molecule has 2 aromatic rings. The quantitative estimate of drug-likeness (QED) is 0.812. The van der Waals surface area contributed by atoms with Crippen LogP contribution in [-0.2, 0) is 7.05 Å². The first-order chi connectivity index (χ1) is 9.86. The average Bonchev–Trinajstić information content (AvgIpc) is 2.69. The fourth-order valence-corrected chi connectivity index (χ4v) is 1.97. The number of urea groups is 1. The van der Waals surface area contributed by atoms with Crippen LogP contribution < -0.4 is 10.6 Å². The summed E-state index contributed by atoms with van der Waals surface area (Å²) in [4.78, 5) is 22.8. The summed E-state index contributed by atoms with van der Waals surface area (Å²) in [7, 11) is 1.74. The number of carboxylic acid groups (broad SMARTS) is 1. The number of aryl methyl sites for hydroxylation is 2. The Bertz CT molecular complexity index is 711. The van der Waals surface area contributed by atoms with Crippen molar-refractivity contribution in [1.82, 2.24) is 9.78 Å². The zero-order chi connectivity index (χ0) is 15.6. The molecule has 1 aromatic carbocycles. The van der Waals surface area contributed by atoms with Gasteiger partial charge in [0.05, 0.1) is 22.0 Å². The Morgan fingerprint density at radius 1 is 1.33 bits per heavy atom. The summed E-state index contributed by atoms with van der Waals surface area (Å²) in [6.45, 7) is 1.76. The molecule has 7 nitrogen and oxygen atoms in total. The summed E-state index contributed by atoms with van der Waals surface area (Å²) in [6.07, 6.45) is 1.67. The zero-order valence-corrected chi connectivity index (χ0v) is 12.1. The SMILES string of the molecule is Cc1nn(C)cc1NC(=O)Nc1ccc(Cl)c(C(=O)O)c1. The number of nitrogens with one attached hydrogen (secondary N) is 2. The highest BCUT2D eigenvalue weighted by Crippen LogP contribution is 2.21. The van der Waals surface area contributed by atoms with Gasteiger partial charge in [0.2, 0.25) is 0 Å². The van der Waals surface area contributed by atoms with Crippen LogP contribution in [0.3, 0.4) is 0 Å².